The molecule has 174 valence electrons. The summed E-state index contributed by atoms with van der Waals surface area (Å²) in [5, 5.41) is 0.883. The smallest absolute Gasteiger partial charge is 0.297 e. The Kier molecular flexibility index (Phi) is 5.28. The number of carbonyl (C=O) groups is 1. The topological polar surface area (TPSA) is 91.1 Å². The maximum absolute atomic E-state index is 13.7. The maximum Gasteiger partial charge on any atom is 0.297 e. The summed E-state index contributed by atoms with van der Waals surface area (Å²) in [6.45, 7) is 3.82. The molecule has 2 aromatic heterocycles. The molecule has 0 fully saturated rings. The average molecular weight is 479 g/mol. The van der Waals surface area contributed by atoms with Gasteiger partial charge in [-0.15, -0.1) is 11.3 Å². The standard InChI is InChI=1S/C25H22N2O6S/c1-12-13(2)34-25(26-12)27-20(14-10-17(30-3)22(32-5)18(11-14)31-4)19-21(28)15-8-6-7-9-16(15)33-23(19)24(27)29/h6-11,20H,1-5H3/t20-/m0/s1. The largest absolute Gasteiger partial charge is 0.493 e. The minimum absolute atomic E-state index is 0.00737. The number of aryl methyl sites for hydroxylation is 2. The van der Waals surface area contributed by atoms with E-state index in [4.69, 9.17) is 18.6 Å². The highest BCUT2D eigenvalue weighted by Gasteiger charge is 2.45. The van der Waals surface area contributed by atoms with Crippen molar-refractivity contribution in [2.45, 2.75) is 19.9 Å². The monoisotopic (exact) mass is 478 g/mol. The molecule has 0 N–H and O–H groups in total. The van der Waals surface area contributed by atoms with Crippen LogP contribution in [-0.4, -0.2) is 32.2 Å². The van der Waals surface area contributed by atoms with Gasteiger partial charge >= 0.3 is 0 Å². The molecule has 4 aromatic rings. The third-order valence-corrected chi connectivity index (χ3v) is 7.08. The highest BCUT2D eigenvalue weighted by Crippen LogP contribution is 2.47. The molecular weight excluding hydrogens is 456 g/mol. The number of aromatic nitrogens is 1. The fourth-order valence-electron chi connectivity index (χ4n) is 4.25. The first-order chi connectivity index (χ1) is 16.4. The summed E-state index contributed by atoms with van der Waals surface area (Å²) < 4.78 is 22.5. The fourth-order valence-corrected chi connectivity index (χ4v) is 5.19. The van der Waals surface area contributed by atoms with Crippen LogP contribution in [0.1, 0.15) is 38.3 Å². The van der Waals surface area contributed by atoms with Gasteiger partial charge in [-0.25, -0.2) is 4.98 Å². The number of hydrogen-bond donors (Lipinski definition) is 0. The van der Waals surface area contributed by atoms with Gasteiger partial charge in [0.15, 0.2) is 22.1 Å². The van der Waals surface area contributed by atoms with E-state index >= 15 is 0 Å². The van der Waals surface area contributed by atoms with Crippen LogP contribution in [0.25, 0.3) is 11.0 Å². The van der Waals surface area contributed by atoms with Crippen molar-refractivity contribution in [1.82, 2.24) is 4.98 Å². The second-order valence-electron chi connectivity index (χ2n) is 7.84. The summed E-state index contributed by atoms with van der Waals surface area (Å²) in [5.41, 5.74) is 1.77. The number of fused-ring (bicyclic) bond motifs is 2. The highest BCUT2D eigenvalue weighted by molar-refractivity contribution is 7.15. The third kappa shape index (κ3) is 3.15. The molecule has 0 radical (unpaired) electrons. The van der Waals surface area contributed by atoms with Crippen LogP contribution in [0.15, 0.2) is 45.6 Å². The molecule has 0 saturated carbocycles. The van der Waals surface area contributed by atoms with E-state index in [1.807, 2.05) is 13.8 Å². The SMILES string of the molecule is COc1cc([C@H]2c3c(oc4ccccc4c3=O)C(=O)N2c2nc(C)c(C)s2)cc(OC)c1OC. The summed E-state index contributed by atoms with van der Waals surface area (Å²) in [6, 6.07) is 9.59. The first-order valence-electron chi connectivity index (χ1n) is 10.5. The number of para-hydroxylation sites is 1. The molecule has 1 atom stereocenters. The van der Waals surface area contributed by atoms with Crippen LogP contribution in [-0.2, 0) is 0 Å². The summed E-state index contributed by atoms with van der Waals surface area (Å²) in [4.78, 5) is 34.5. The number of nitrogens with zero attached hydrogens (tertiary/aromatic N) is 2. The molecule has 1 amide bonds. The van der Waals surface area contributed by atoms with E-state index in [9.17, 15) is 9.59 Å². The molecule has 0 unspecified atom stereocenters. The fraction of sp³-hybridized carbons (Fsp3) is 0.240. The number of thiazole rings is 1. The average Bonchev–Trinajstić information content (AvgIpc) is 3.33. The van der Waals surface area contributed by atoms with Crippen molar-refractivity contribution in [3.63, 3.8) is 0 Å². The Hall–Kier alpha value is -3.85. The first-order valence-corrected chi connectivity index (χ1v) is 11.3. The number of amides is 1. The highest BCUT2D eigenvalue weighted by atomic mass is 32.1. The number of benzene rings is 2. The van der Waals surface area contributed by atoms with Crippen molar-refractivity contribution in [3.8, 4) is 17.2 Å². The van der Waals surface area contributed by atoms with Gasteiger partial charge in [-0.05, 0) is 43.7 Å². The molecule has 3 heterocycles. The Morgan fingerprint density at radius 2 is 1.68 bits per heavy atom. The molecule has 8 nitrogen and oxygen atoms in total. The zero-order valence-corrected chi connectivity index (χ0v) is 20.1. The minimum atomic E-state index is -0.790. The predicted molar refractivity (Wildman–Crippen MR) is 129 cm³/mol. The van der Waals surface area contributed by atoms with Crippen molar-refractivity contribution < 1.29 is 23.4 Å². The third-order valence-electron chi connectivity index (χ3n) is 6.00. The summed E-state index contributed by atoms with van der Waals surface area (Å²) in [5.74, 6) is 0.818. The Morgan fingerprint density at radius 1 is 1.00 bits per heavy atom. The van der Waals surface area contributed by atoms with Gasteiger partial charge in [-0.3, -0.25) is 14.5 Å². The Bertz CT molecular complexity index is 1460. The number of anilines is 1. The molecule has 0 aliphatic carbocycles. The van der Waals surface area contributed by atoms with Gasteiger partial charge in [-0.2, -0.15) is 0 Å². The molecule has 0 spiro atoms. The van der Waals surface area contributed by atoms with Gasteiger partial charge in [-0.1, -0.05) is 12.1 Å². The quantitative estimate of drug-likeness (QED) is 0.413. The van der Waals surface area contributed by atoms with Crippen LogP contribution in [0.2, 0.25) is 0 Å². The van der Waals surface area contributed by atoms with E-state index in [0.717, 1.165) is 10.6 Å². The van der Waals surface area contributed by atoms with Crippen molar-refractivity contribution in [2.75, 3.05) is 26.2 Å². The maximum atomic E-state index is 13.7. The van der Waals surface area contributed by atoms with Gasteiger partial charge in [0, 0.05) is 4.88 Å². The van der Waals surface area contributed by atoms with Crippen molar-refractivity contribution >= 4 is 33.3 Å². The van der Waals surface area contributed by atoms with Crippen LogP contribution in [0.4, 0.5) is 5.13 Å². The van der Waals surface area contributed by atoms with Crippen molar-refractivity contribution in [2.24, 2.45) is 0 Å². The van der Waals surface area contributed by atoms with Gasteiger partial charge in [0.25, 0.3) is 5.91 Å². The molecule has 34 heavy (non-hydrogen) atoms. The lowest BCUT2D eigenvalue weighted by molar-refractivity contribution is 0.0971. The van der Waals surface area contributed by atoms with E-state index in [0.29, 0.717) is 38.9 Å². The van der Waals surface area contributed by atoms with Crippen LogP contribution in [0, 0.1) is 13.8 Å². The molecule has 5 rings (SSSR count). The van der Waals surface area contributed by atoms with Gasteiger partial charge in [0.1, 0.15) is 5.58 Å². The van der Waals surface area contributed by atoms with Crippen LogP contribution in [0.3, 0.4) is 0 Å². The molecular formula is C25H22N2O6S. The van der Waals surface area contributed by atoms with Crippen LogP contribution >= 0.6 is 11.3 Å². The Balaban J connectivity index is 1.84. The number of carbonyl (C=O) groups excluding carboxylic acids is 1. The summed E-state index contributed by atoms with van der Waals surface area (Å²) >= 11 is 1.39. The van der Waals surface area contributed by atoms with E-state index in [-0.39, 0.29) is 16.8 Å². The number of hydrogen-bond acceptors (Lipinski definition) is 8. The molecule has 2 aromatic carbocycles. The molecule has 1 aliphatic heterocycles. The van der Waals surface area contributed by atoms with Crippen molar-refractivity contribution in [3.05, 3.63) is 74.1 Å². The lowest BCUT2D eigenvalue weighted by atomic mass is 9.98. The Labute approximate surface area is 199 Å². The van der Waals surface area contributed by atoms with E-state index in [1.54, 1.807) is 36.4 Å². The van der Waals surface area contributed by atoms with Gasteiger partial charge < -0.3 is 18.6 Å². The Morgan fingerprint density at radius 3 is 2.26 bits per heavy atom. The van der Waals surface area contributed by atoms with Crippen molar-refractivity contribution in [1.29, 1.82) is 0 Å². The summed E-state index contributed by atoms with van der Waals surface area (Å²) in [7, 11) is 4.55. The normalized spacial score (nSPS) is 15.0. The number of methoxy groups -OCH3 is 3. The van der Waals surface area contributed by atoms with E-state index in [2.05, 4.69) is 4.98 Å². The first kappa shape index (κ1) is 22.0. The zero-order chi connectivity index (χ0) is 24.1. The summed E-state index contributed by atoms with van der Waals surface area (Å²) in [6.07, 6.45) is 0. The van der Waals surface area contributed by atoms with Crippen LogP contribution < -0.4 is 24.5 Å². The van der Waals surface area contributed by atoms with E-state index in [1.165, 1.54) is 37.6 Å². The lowest BCUT2D eigenvalue weighted by Crippen LogP contribution is -2.29. The predicted octanol–water partition coefficient (Wildman–Crippen LogP) is 4.64. The minimum Gasteiger partial charge on any atom is -0.493 e. The van der Waals surface area contributed by atoms with E-state index < -0.39 is 11.9 Å². The number of ether oxygens (including phenoxy) is 3. The molecule has 1 aliphatic rings. The zero-order valence-electron chi connectivity index (χ0n) is 19.3. The molecule has 0 saturated heterocycles. The van der Waals surface area contributed by atoms with Gasteiger partial charge in [0.2, 0.25) is 11.5 Å². The second-order valence-corrected chi connectivity index (χ2v) is 9.03. The number of rotatable bonds is 5. The molecule has 9 heteroatoms. The lowest BCUT2D eigenvalue weighted by Gasteiger charge is -2.24. The van der Waals surface area contributed by atoms with Gasteiger partial charge in [0.05, 0.1) is 44.0 Å². The molecule has 0 bridgehead atoms. The van der Waals surface area contributed by atoms with Crippen LogP contribution in [0.5, 0.6) is 17.2 Å². The second kappa shape index (κ2) is 8.18.